The zero-order chi connectivity index (χ0) is 15.1. The smallest absolute Gasteiger partial charge is 0.234 e. The van der Waals surface area contributed by atoms with Crippen LogP contribution in [0.5, 0.6) is 0 Å². The molecule has 0 saturated carbocycles. The monoisotopic (exact) mass is 288 g/mol. The number of nitrogens with two attached hydrogens (primary N) is 1. The second kappa shape index (κ2) is 8.18. The summed E-state index contributed by atoms with van der Waals surface area (Å²) in [6.07, 6.45) is 6.61. The molecule has 1 fully saturated rings. The van der Waals surface area contributed by atoms with Crippen LogP contribution in [0.2, 0.25) is 0 Å². The fraction of sp³-hybridized carbons (Fsp3) is 0.611. The molecule has 0 bridgehead atoms. The first kappa shape index (κ1) is 16.0. The van der Waals surface area contributed by atoms with Crippen LogP contribution in [0.25, 0.3) is 0 Å². The molecule has 1 aliphatic heterocycles. The van der Waals surface area contributed by atoms with Crippen LogP contribution in [0.1, 0.15) is 44.6 Å². The minimum absolute atomic E-state index is 0.0531. The Morgan fingerprint density at radius 3 is 2.52 bits per heavy atom. The second-order valence-electron chi connectivity index (χ2n) is 6.23. The van der Waals surface area contributed by atoms with Crippen LogP contribution in [0.15, 0.2) is 30.3 Å². The molecule has 1 unspecified atom stereocenters. The zero-order valence-electron chi connectivity index (χ0n) is 13.1. The molecular formula is C18H28N2O. The van der Waals surface area contributed by atoms with Gasteiger partial charge >= 0.3 is 0 Å². The van der Waals surface area contributed by atoms with Gasteiger partial charge in [0.1, 0.15) is 0 Å². The lowest BCUT2D eigenvalue weighted by Gasteiger charge is -2.36. The molecule has 1 amide bonds. The molecule has 1 heterocycles. The number of primary amides is 1. The topological polar surface area (TPSA) is 46.3 Å². The number of carbonyl (C=O) groups excluding carboxylic acids is 1. The Morgan fingerprint density at radius 2 is 1.95 bits per heavy atom. The molecule has 21 heavy (non-hydrogen) atoms. The standard InChI is InChI=1S/C18H28N2O/c1-2-3-9-17(18(19)21)20-12-10-16(11-13-20)14-15-7-5-4-6-8-15/h4-8,16-17H,2-3,9-14H2,1H3,(H2,19,21). The van der Waals surface area contributed by atoms with E-state index in [0.717, 1.165) is 44.7 Å². The van der Waals surface area contributed by atoms with Crippen molar-refractivity contribution < 1.29 is 4.79 Å². The zero-order valence-corrected chi connectivity index (χ0v) is 13.1. The summed E-state index contributed by atoms with van der Waals surface area (Å²) in [6.45, 7) is 4.17. The van der Waals surface area contributed by atoms with Crippen molar-refractivity contribution in [3.8, 4) is 0 Å². The van der Waals surface area contributed by atoms with Gasteiger partial charge in [0.05, 0.1) is 6.04 Å². The van der Waals surface area contributed by atoms with Crippen molar-refractivity contribution in [3.63, 3.8) is 0 Å². The number of nitrogens with zero attached hydrogens (tertiary/aromatic N) is 1. The summed E-state index contributed by atoms with van der Waals surface area (Å²) in [6, 6.07) is 10.6. The molecule has 1 atom stereocenters. The molecule has 0 aromatic heterocycles. The molecule has 1 aromatic rings. The van der Waals surface area contributed by atoms with Crippen molar-refractivity contribution in [1.82, 2.24) is 4.90 Å². The summed E-state index contributed by atoms with van der Waals surface area (Å²) in [4.78, 5) is 14.0. The molecule has 116 valence electrons. The lowest BCUT2D eigenvalue weighted by Crippen LogP contribution is -2.48. The Hall–Kier alpha value is -1.35. The number of carbonyl (C=O) groups is 1. The first-order chi connectivity index (χ1) is 10.2. The first-order valence-electron chi connectivity index (χ1n) is 8.28. The maximum atomic E-state index is 11.7. The predicted molar refractivity (Wildman–Crippen MR) is 87.0 cm³/mol. The number of amides is 1. The van der Waals surface area contributed by atoms with Gasteiger partial charge in [-0.3, -0.25) is 9.69 Å². The maximum Gasteiger partial charge on any atom is 0.234 e. The van der Waals surface area contributed by atoms with Crippen molar-refractivity contribution >= 4 is 5.91 Å². The minimum Gasteiger partial charge on any atom is -0.368 e. The maximum absolute atomic E-state index is 11.7. The average Bonchev–Trinajstić information content (AvgIpc) is 2.50. The van der Waals surface area contributed by atoms with E-state index in [1.165, 1.54) is 18.4 Å². The Bertz CT molecular complexity index is 424. The third-order valence-electron chi connectivity index (χ3n) is 4.62. The quantitative estimate of drug-likeness (QED) is 0.838. The summed E-state index contributed by atoms with van der Waals surface area (Å²) in [5, 5.41) is 0. The van der Waals surface area contributed by atoms with Crippen LogP contribution in [-0.2, 0) is 11.2 Å². The Morgan fingerprint density at radius 1 is 1.29 bits per heavy atom. The predicted octanol–water partition coefficient (Wildman–Crippen LogP) is 2.99. The third kappa shape index (κ3) is 4.85. The highest BCUT2D eigenvalue weighted by Gasteiger charge is 2.27. The van der Waals surface area contributed by atoms with Crippen molar-refractivity contribution in [2.75, 3.05) is 13.1 Å². The molecule has 3 nitrogen and oxygen atoms in total. The van der Waals surface area contributed by atoms with Gasteiger partial charge < -0.3 is 5.73 Å². The van der Waals surface area contributed by atoms with Crippen LogP contribution >= 0.6 is 0 Å². The van der Waals surface area contributed by atoms with E-state index < -0.39 is 0 Å². The SMILES string of the molecule is CCCCC(C(N)=O)N1CCC(Cc2ccccc2)CC1. The summed E-state index contributed by atoms with van der Waals surface area (Å²) < 4.78 is 0. The van der Waals surface area contributed by atoms with Gasteiger partial charge in [-0.15, -0.1) is 0 Å². The van der Waals surface area contributed by atoms with Crippen LogP contribution in [0.3, 0.4) is 0 Å². The molecule has 3 heteroatoms. The molecule has 1 saturated heterocycles. The minimum atomic E-state index is -0.148. The highest BCUT2D eigenvalue weighted by Crippen LogP contribution is 2.24. The van der Waals surface area contributed by atoms with E-state index in [1.54, 1.807) is 0 Å². The molecular weight excluding hydrogens is 260 g/mol. The van der Waals surface area contributed by atoms with Crippen LogP contribution in [-0.4, -0.2) is 29.9 Å². The van der Waals surface area contributed by atoms with E-state index in [2.05, 4.69) is 42.2 Å². The number of hydrogen-bond donors (Lipinski definition) is 1. The van der Waals surface area contributed by atoms with E-state index in [0.29, 0.717) is 0 Å². The van der Waals surface area contributed by atoms with E-state index in [4.69, 9.17) is 5.73 Å². The normalized spacial score (nSPS) is 18.5. The summed E-state index contributed by atoms with van der Waals surface area (Å²) >= 11 is 0. The van der Waals surface area contributed by atoms with Gasteiger partial charge in [-0.25, -0.2) is 0 Å². The van der Waals surface area contributed by atoms with E-state index in [-0.39, 0.29) is 11.9 Å². The number of likely N-dealkylation sites (tertiary alicyclic amines) is 1. The van der Waals surface area contributed by atoms with Gasteiger partial charge in [0, 0.05) is 0 Å². The number of hydrogen-bond acceptors (Lipinski definition) is 2. The van der Waals surface area contributed by atoms with Gasteiger partial charge in [-0.05, 0) is 50.3 Å². The number of rotatable bonds is 7. The van der Waals surface area contributed by atoms with Gasteiger partial charge in [-0.1, -0.05) is 50.1 Å². The Balaban J connectivity index is 1.82. The lowest BCUT2D eigenvalue weighted by atomic mass is 9.89. The lowest BCUT2D eigenvalue weighted by molar-refractivity contribution is -0.124. The number of unbranched alkanes of at least 4 members (excludes halogenated alkanes) is 1. The summed E-state index contributed by atoms with van der Waals surface area (Å²) in [5.74, 6) is 0.591. The highest BCUT2D eigenvalue weighted by molar-refractivity contribution is 5.79. The number of piperidine rings is 1. The Kier molecular flexibility index (Phi) is 6.24. The number of benzene rings is 1. The van der Waals surface area contributed by atoms with Crippen molar-refractivity contribution in [2.45, 2.75) is 51.5 Å². The molecule has 0 spiro atoms. The molecule has 0 radical (unpaired) electrons. The van der Waals surface area contributed by atoms with Crippen LogP contribution < -0.4 is 5.73 Å². The van der Waals surface area contributed by atoms with E-state index >= 15 is 0 Å². The van der Waals surface area contributed by atoms with Gasteiger partial charge in [-0.2, -0.15) is 0 Å². The van der Waals surface area contributed by atoms with Gasteiger partial charge in [0.2, 0.25) is 5.91 Å². The fourth-order valence-electron chi connectivity index (χ4n) is 3.32. The average molecular weight is 288 g/mol. The Labute approximate surface area is 128 Å². The second-order valence-corrected chi connectivity index (χ2v) is 6.23. The molecule has 1 aromatic carbocycles. The van der Waals surface area contributed by atoms with Crippen LogP contribution in [0.4, 0.5) is 0 Å². The fourth-order valence-corrected chi connectivity index (χ4v) is 3.32. The third-order valence-corrected chi connectivity index (χ3v) is 4.62. The van der Waals surface area contributed by atoms with E-state index in [9.17, 15) is 4.79 Å². The molecule has 1 aliphatic rings. The highest BCUT2D eigenvalue weighted by atomic mass is 16.1. The van der Waals surface area contributed by atoms with Gasteiger partial charge in [0.15, 0.2) is 0 Å². The largest absolute Gasteiger partial charge is 0.368 e. The van der Waals surface area contributed by atoms with Gasteiger partial charge in [0.25, 0.3) is 0 Å². The van der Waals surface area contributed by atoms with Crippen LogP contribution in [0, 0.1) is 5.92 Å². The van der Waals surface area contributed by atoms with Crippen molar-refractivity contribution in [1.29, 1.82) is 0 Å². The van der Waals surface area contributed by atoms with E-state index in [1.807, 2.05) is 0 Å². The molecule has 0 aliphatic carbocycles. The molecule has 2 N–H and O–H groups in total. The van der Waals surface area contributed by atoms with Crippen molar-refractivity contribution in [3.05, 3.63) is 35.9 Å². The molecule has 2 rings (SSSR count). The first-order valence-corrected chi connectivity index (χ1v) is 8.28. The van der Waals surface area contributed by atoms with Crippen molar-refractivity contribution in [2.24, 2.45) is 11.7 Å². The summed E-state index contributed by atoms with van der Waals surface area (Å²) in [7, 11) is 0. The summed E-state index contributed by atoms with van der Waals surface area (Å²) in [5.41, 5.74) is 7.01.